The molecular weight excluding hydrogens is 262 g/mol. The molecule has 0 saturated carbocycles. The smallest absolute Gasteiger partial charge is 0.305 e. The lowest BCUT2D eigenvalue weighted by molar-refractivity contribution is -0.136. The normalized spacial score (nSPS) is 18.2. The molecule has 4 nitrogen and oxygen atoms in total. The number of rotatable bonds is 5. The quantitative estimate of drug-likeness (QED) is 0.898. The Morgan fingerprint density at radius 3 is 2.63 bits per heavy atom. The highest BCUT2D eigenvalue weighted by molar-refractivity contribution is 7.99. The van der Waals surface area contributed by atoms with E-state index in [4.69, 9.17) is 5.11 Å². The molecule has 102 valence electrons. The maximum Gasteiger partial charge on any atom is 0.305 e. The second-order valence-electron chi connectivity index (χ2n) is 4.53. The topological polar surface area (TPSA) is 57.6 Å². The molecule has 1 aromatic rings. The Bertz CT molecular complexity index is 443. The van der Waals surface area contributed by atoms with Crippen LogP contribution in [-0.2, 0) is 9.59 Å². The molecule has 1 aliphatic heterocycles. The molecule has 1 amide bonds. The van der Waals surface area contributed by atoms with E-state index < -0.39 is 5.97 Å². The van der Waals surface area contributed by atoms with Gasteiger partial charge < -0.3 is 10.0 Å². The predicted octanol–water partition coefficient (Wildman–Crippen LogP) is 2.25. The third kappa shape index (κ3) is 3.73. The molecule has 1 unspecified atom stereocenters. The maximum absolute atomic E-state index is 12.5. The van der Waals surface area contributed by atoms with E-state index >= 15 is 0 Å². The molecule has 0 aromatic heterocycles. The summed E-state index contributed by atoms with van der Waals surface area (Å²) in [4.78, 5) is 24.8. The first kappa shape index (κ1) is 13.9. The molecule has 5 heteroatoms. The summed E-state index contributed by atoms with van der Waals surface area (Å²) < 4.78 is 0. The Balaban J connectivity index is 2.13. The van der Waals surface area contributed by atoms with E-state index in [9.17, 15) is 9.59 Å². The van der Waals surface area contributed by atoms with Gasteiger partial charge in [0.15, 0.2) is 0 Å². The first-order chi connectivity index (χ1) is 9.18. The van der Waals surface area contributed by atoms with Gasteiger partial charge in [0, 0.05) is 23.9 Å². The van der Waals surface area contributed by atoms with Crippen molar-refractivity contribution in [3.8, 4) is 0 Å². The van der Waals surface area contributed by atoms with Gasteiger partial charge in [0.05, 0.1) is 6.42 Å². The fraction of sp³-hybridized carbons (Fsp3) is 0.429. The van der Waals surface area contributed by atoms with Gasteiger partial charge in [-0.2, -0.15) is 11.8 Å². The number of aliphatic carboxylic acids is 1. The molecule has 1 aliphatic rings. The van der Waals surface area contributed by atoms with Crippen LogP contribution in [0, 0.1) is 5.92 Å². The van der Waals surface area contributed by atoms with Crippen LogP contribution in [0.15, 0.2) is 30.3 Å². The molecule has 0 spiro atoms. The van der Waals surface area contributed by atoms with Gasteiger partial charge in [0.1, 0.15) is 0 Å². The molecule has 0 radical (unpaired) electrons. The number of benzene rings is 1. The zero-order valence-electron chi connectivity index (χ0n) is 10.6. The fourth-order valence-electron chi connectivity index (χ4n) is 2.13. The highest BCUT2D eigenvalue weighted by Crippen LogP contribution is 2.27. The van der Waals surface area contributed by atoms with Gasteiger partial charge in [-0.15, -0.1) is 0 Å². The van der Waals surface area contributed by atoms with Crippen molar-refractivity contribution in [3.05, 3.63) is 30.3 Å². The minimum Gasteiger partial charge on any atom is -0.481 e. The van der Waals surface area contributed by atoms with Crippen molar-refractivity contribution in [2.45, 2.75) is 12.8 Å². The van der Waals surface area contributed by atoms with E-state index in [1.807, 2.05) is 30.3 Å². The van der Waals surface area contributed by atoms with Crippen LogP contribution in [0.1, 0.15) is 12.8 Å². The molecule has 19 heavy (non-hydrogen) atoms. The molecule has 2 rings (SSSR count). The van der Waals surface area contributed by atoms with Gasteiger partial charge in [-0.1, -0.05) is 18.2 Å². The average molecular weight is 279 g/mol. The van der Waals surface area contributed by atoms with E-state index in [0.29, 0.717) is 0 Å². The van der Waals surface area contributed by atoms with Crippen molar-refractivity contribution in [3.63, 3.8) is 0 Å². The fourth-order valence-corrected chi connectivity index (χ4v) is 3.34. The van der Waals surface area contributed by atoms with Gasteiger partial charge in [-0.05, 0) is 24.3 Å². The van der Waals surface area contributed by atoms with Gasteiger partial charge in [-0.25, -0.2) is 0 Å². The van der Waals surface area contributed by atoms with Crippen molar-refractivity contribution < 1.29 is 14.7 Å². The zero-order valence-corrected chi connectivity index (χ0v) is 11.4. The Hall–Kier alpha value is -1.49. The third-order valence-corrected chi connectivity index (χ3v) is 4.32. The lowest BCUT2D eigenvalue weighted by Gasteiger charge is -2.25. The van der Waals surface area contributed by atoms with Crippen LogP contribution in [0.4, 0.5) is 5.69 Å². The van der Waals surface area contributed by atoms with Crippen molar-refractivity contribution in [1.29, 1.82) is 0 Å². The molecular formula is C14H17NO3S. The summed E-state index contributed by atoms with van der Waals surface area (Å²) in [7, 11) is 0. The van der Waals surface area contributed by atoms with E-state index in [2.05, 4.69) is 0 Å². The van der Waals surface area contributed by atoms with E-state index in [0.717, 1.165) is 23.6 Å². The summed E-state index contributed by atoms with van der Waals surface area (Å²) in [6.45, 7) is 0.235. The first-order valence-corrected chi connectivity index (χ1v) is 7.50. The number of carbonyl (C=O) groups is 2. The van der Waals surface area contributed by atoms with Gasteiger partial charge in [-0.3, -0.25) is 9.59 Å². The minimum absolute atomic E-state index is 0.0269. The Kier molecular flexibility index (Phi) is 4.85. The van der Waals surface area contributed by atoms with E-state index in [-0.39, 0.29) is 24.8 Å². The lowest BCUT2D eigenvalue weighted by Crippen LogP contribution is -2.37. The van der Waals surface area contributed by atoms with Crippen molar-refractivity contribution >= 4 is 29.3 Å². The number of amides is 1. The number of thioether (sulfide) groups is 1. The van der Waals surface area contributed by atoms with Crippen LogP contribution in [0.3, 0.4) is 0 Å². The van der Waals surface area contributed by atoms with Gasteiger partial charge in [0.25, 0.3) is 0 Å². The molecule has 0 bridgehead atoms. The Morgan fingerprint density at radius 1 is 1.32 bits per heavy atom. The number of carbonyl (C=O) groups excluding carboxylic acids is 1. The number of para-hydroxylation sites is 1. The van der Waals surface area contributed by atoms with E-state index in [1.165, 1.54) is 0 Å². The number of anilines is 1. The Morgan fingerprint density at radius 2 is 2.05 bits per heavy atom. The molecule has 1 atom stereocenters. The number of carboxylic acid groups (broad SMARTS) is 1. The molecule has 0 aliphatic carbocycles. The van der Waals surface area contributed by atoms with Gasteiger partial charge in [0.2, 0.25) is 5.91 Å². The number of nitrogens with zero attached hydrogens (tertiary/aromatic N) is 1. The lowest BCUT2D eigenvalue weighted by atomic mass is 10.1. The maximum atomic E-state index is 12.5. The van der Waals surface area contributed by atoms with E-state index in [1.54, 1.807) is 16.7 Å². The summed E-state index contributed by atoms with van der Waals surface area (Å²) in [6, 6.07) is 9.30. The van der Waals surface area contributed by atoms with Crippen LogP contribution < -0.4 is 4.90 Å². The van der Waals surface area contributed by atoms with Crippen LogP contribution in [0.2, 0.25) is 0 Å². The molecule has 1 fully saturated rings. The molecule has 1 saturated heterocycles. The highest BCUT2D eigenvalue weighted by Gasteiger charge is 2.28. The van der Waals surface area contributed by atoms with Crippen molar-refractivity contribution in [2.75, 3.05) is 23.0 Å². The molecule has 1 N–H and O–H groups in total. The van der Waals surface area contributed by atoms with Crippen molar-refractivity contribution in [2.24, 2.45) is 5.92 Å². The SMILES string of the molecule is O=C(O)CCN(C(=O)C1CCSC1)c1ccccc1. The standard InChI is InChI=1S/C14H17NO3S/c16-13(17)6-8-15(12-4-2-1-3-5-12)14(18)11-7-9-19-10-11/h1-5,11H,6-10H2,(H,16,17). The second kappa shape index (κ2) is 6.61. The highest BCUT2D eigenvalue weighted by atomic mass is 32.2. The zero-order chi connectivity index (χ0) is 13.7. The second-order valence-corrected chi connectivity index (χ2v) is 5.68. The summed E-state index contributed by atoms with van der Waals surface area (Å²) in [5.41, 5.74) is 0.783. The Labute approximate surface area is 116 Å². The first-order valence-electron chi connectivity index (χ1n) is 6.34. The predicted molar refractivity (Wildman–Crippen MR) is 76.5 cm³/mol. The summed E-state index contributed by atoms with van der Waals surface area (Å²) in [5, 5.41) is 8.81. The van der Waals surface area contributed by atoms with Crippen LogP contribution in [-0.4, -0.2) is 35.0 Å². The molecule has 1 heterocycles. The van der Waals surface area contributed by atoms with Crippen LogP contribution >= 0.6 is 11.8 Å². The summed E-state index contributed by atoms with van der Waals surface area (Å²) in [5.74, 6) is 1.05. The van der Waals surface area contributed by atoms with Crippen molar-refractivity contribution in [1.82, 2.24) is 0 Å². The minimum atomic E-state index is -0.880. The third-order valence-electron chi connectivity index (χ3n) is 3.16. The van der Waals surface area contributed by atoms with Gasteiger partial charge >= 0.3 is 5.97 Å². The monoisotopic (exact) mass is 279 g/mol. The summed E-state index contributed by atoms with van der Waals surface area (Å²) in [6.07, 6.45) is 0.862. The average Bonchev–Trinajstić information content (AvgIpc) is 2.93. The van der Waals surface area contributed by atoms with Crippen LogP contribution in [0.5, 0.6) is 0 Å². The number of hydrogen-bond donors (Lipinski definition) is 1. The number of hydrogen-bond acceptors (Lipinski definition) is 3. The summed E-state index contributed by atoms with van der Waals surface area (Å²) >= 11 is 1.78. The largest absolute Gasteiger partial charge is 0.481 e. The molecule has 1 aromatic carbocycles. The van der Waals surface area contributed by atoms with Crippen LogP contribution in [0.25, 0.3) is 0 Å². The number of carboxylic acids is 1.